The maximum atomic E-state index is 9.20. The van der Waals surface area contributed by atoms with Crippen LogP contribution in [0, 0.1) is 6.92 Å². The molecule has 0 amide bonds. The second-order valence-electron chi connectivity index (χ2n) is 3.33. The van der Waals surface area contributed by atoms with Crippen molar-refractivity contribution in [3.63, 3.8) is 0 Å². The molecule has 0 saturated heterocycles. The summed E-state index contributed by atoms with van der Waals surface area (Å²) < 4.78 is 12.8. The number of ether oxygens (including phenoxy) is 2. The van der Waals surface area contributed by atoms with E-state index < -0.39 is 0 Å². The molecule has 0 aliphatic heterocycles. The molecule has 1 aromatic heterocycles. The predicted octanol–water partition coefficient (Wildman–Crippen LogP) is 1.11. The lowest BCUT2D eigenvalue weighted by Crippen LogP contribution is -2.12. The van der Waals surface area contributed by atoms with Gasteiger partial charge in [0.25, 0.3) is 0 Å². The van der Waals surface area contributed by atoms with E-state index in [0.717, 1.165) is 15.9 Å². The van der Waals surface area contributed by atoms with Crippen LogP contribution in [0.25, 0.3) is 0 Å². The molecule has 0 atom stereocenters. The molecule has 1 heterocycles. The van der Waals surface area contributed by atoms with E-state index in [9.17, 15) is 5.11 Å². The average molecular weight is 293 g/mol. The number of aromatic nitrogens is 2. The van der Waals surface area contributed by atoms with Gasteiger partial charge in [-0.1, -0.05) is 0 Å². The summed E-state index contributed by atoms with van der Waals surface area (Å²) in [6.07, 6.45) is 0. The lowest BCUT2D eigenvalue weighted by molar-refractivity contribution is 0.0646. The summed E-state index contributed by atoms with van der Waals surface area (Å²) in [6, 6.07) is 0. The number of hydrogen-bond donors (Lipinski definition) is 1. The summed E-state index contributed by atoms with van der Waals surface area (Å²) in [5.74, 6) is 0. The van der Waals surface area contributed by atoms with Gasteiger partial charge in [0.15, 0.2) is 0 Å². The zero-order chi connectivity index (χ0) is 12.0. The molecule has 0 radical (unpaired) electrons. The van der Waals surface area contributed by atoms with Crippen LogP contribution in [0.5, 0.6) is 0 Å². The van der Waals surface area contributed by atoms with Crippen LogP contribution in [-0.4, -0.2) is 41.8 Å². The Morgan fingerprint density at radius 1 is 1.38 bits per heavy atom. The van der Waals surface area contributed by atoms with Gasteiger partial charge in [0.05, 0.1) is 48.8 Å². The van der Waals surface area contributed by atoms with Gasteiger partial charge in [0.1, 0.15) is 0 Å². The molecule has 0 bridgehead atoms. The fraction of sp³-hybridized carbons (Fsp3) is 0.700. The van der Waals surface area contributed by atoms with Crippen LogP contribution in [-0.2, 0) is 22.6 Å². The number of methoxy groups -OCH3 is 1. The molecule has 0 fully saturated rings. The van der Waals surface area contributed by atoms with Crippen LogP contribution in [0.4, 0.5) is 0 Å². The number of rotatable bonds is 7. The van der Waals surface area contributed by atoms with Crippen molar-refractivity contribution in [2.24, 2.45) is 0 Å². The van der Waals surface area contributed by atoms with E-state index in [1.54, 1.807) is 11.8 Å². The van der Waals surface area contributed by atoms with Crippen molar-refractivity contribution in [2.45, 2.75) is 20.1 Å². The lowest BCUT2D eigenvalue weighted by atomic mass is 10.4. The van der Waals surface area contributed by atoms with Gasteiger partial charge in [-0.15, -0.1) is 0 Å². The standard InChI is InChI=1S/C10H17BrN2O3/c1-8-10(11)9(7-14)13(12-8)3-4-16-6-5-15-2/h14H,3-7H2,1-2H3. The number of aryl methyl sites for hydroxylation is 1. The molecule has 1 aromatic rings. The number of hydrogen-bond acceptors (Lipinski definition) is 4. The zero-order valence-electron chi connectivity index (χ0n) is 9.57. The van der Waals surface area contributed by atoms with Crippen LogP contribution in [0.1, 0.15) is 11.4 Å². The Morgan fingerprint density at radius 2 is 2.12 bits per heavy atom. The molecule has 16 heavy (non-hydrogen) atoms. The smallest absolute Gasteiger partial charge is 0.0861 e. The third-order valence-electron chi connectivity index (χ3n) is 2.18. The van der Waals surface area contributed by atoms with Crippen molar-refractivity contribution in [1.82, 2.24) is 9.78 Å². The minimum atomic E-state index is -0.0283. The van der Waals surface area contributed by atoms with Crippen LogP contribution >= 0.6 is 15.9 Å². The molecule has 1 N–H and O–H groups in total. The number of nitrogens with zero attached hydrogens (tertiary/aromatic N) is 2. The molecule has 6 heteroatoms. The zero-order valence-corrected chi connectivity index (χ0v) is 11.2. The van der Waals surface area contributed by atoms with E-state index >= 15 is 0 Å². The Bertz CT molecular complexity index is 328. The minimum absolute atomic E-state index is 0.0283. The highest BCUT2D eigenvalue weighted by atomic mass is 79.9. The van der Waals surface area contributed by atoms with Gasteiger partial charge >= 0.3 is 0 Å². The molecule has 0 aliphatic rings. The predicted molar refractivity (Wildman–Crippen MR) is 63.3 cm³/mol. The summed E-state index contributed by atoms with van der Waals surface area (Å²) in [5.41, 5.74) is 1.66. The molecular weight excluding hydrogens is 276 g/mol. The SMILES string of the molecule is COCCOCCn1nc(C)c(Br)c1CO. The second-order valence-corrected chi connectivity index (χ2v) is 4.13. The van der Waals surface area contributed by atoms with E-state index in [1.807, 2.05) is 6.92 Å². The normalized spacial score (nSPS) is 11.0. The van der Waals surface area contributed by atoms with E-state index in [1.165, 1.54) is 0 Å². The van der Waals surface area contributed by atoms with Crippen LogP contribution < -0.4 is 0 Å². The van der Waals surface area contributed by atoms with Gasteiger partial charge in [-0.2, -0.15) is 5.10 Å². The quantitative estimate of drug-likeness (QED) is 0.765. The molecule has 1 rings (SSSR count). The highest BCUT2D eigenvalue weighted by Gasteiger charge is 2.11. The van der Waals surface area contributed by atoms with Crippen molar-refractivity contribution < 1.29 is 14.6 Å². The van der Waals surface area contributed by atoms with Gasteiger partial charge in [-0.3, -0.25) is 4.68 Å². The third-order valence-corrected chi connectivity index (χ3v) is 3.21. The van der Waals surface area contributed by atoms with Crippen molar-refractivity contribution in [2.75, 3.05) is 26.9 Å². The fourth-order valence-corrected chi connectivity index (χ4v) is 1.75. The maximum Gasteiger partial charge on any atom is 0.0861 e. The highest BCUT2D eigenvalue weighted by Crippen LogP contribution is 2.20. The average Bonchev–Trinajstić information content (AvgIpc) is 2.54. The minimum Gasteiger partial charge on any atom is -0.390 e. The summed E-state index contributed by atoms with van der Waals surface area (Å²) >= 11 is 3.39. The number of halogens is 1. The van der Waals surface area contributed by atoms with Crippen LogP contribution in [0.2, 0.25) is 0 Å². The molecule has 0 aliphatic carbocycles. The van der Waals surface area contributed by atoms with Gasteiger partial charge in [0.2, 0.25) is 0 Å². The Morgan fingerprint density at radius 3 is 2.75 bits per heavy atom. The van der Waals surface area contributed by atoms with Crippen molar-refractivity contribution in [3.05, 3.63) is 15.9 Å². The molecule has 5 nitrogen and oxygen atoms in total. The summed E-state index contributed by atoms with van der Waals surface area (Å²) in [4.78, 5) is 0. The molecule has 0 unspecified atom stereocenters. The Hall–Kier alpha value is -0.430. The number of aliphatic hydroxyl groups excluding tert-OH is 1. The van der Waals surface area contributed by atoms with Crippen LogP contribution in [0.3, 0.4) is 0 Å². The Kier molecular flexibility index (Phi) is 5.97. The monoisotopic (exact) mass is 292 g/mol. The van der Waals surface area contributed by atoms with Crippen LogP contribution in [0.15, 0.2) is 4.47 Å². The molecule has 0 aromatic carbocycles. The molecule has 0 saturated carbocycles. The van der Waals surface area contributed by atoms with E-state index in [4.69, 9.17) is 9.47 Å². The van der Waals surface area contributed by atoms with Crippen molar-refractivity contribution >= 4 is 15.9 Å². The summed E-state index contributed by atoms with van der Waals surface area (Å²) in [7, 11) is 1.64. The first kappa shape index (κ1) is 13.6. The lowest BCUT2D eigenvalue weighted by Gasteiger charge is -2.06. The summed E-state index contributed by atoms with van der Waals surface area (Å²) in [6.45, 7) is 4.22. The van der Waals surface area contributed by atoms with E-state index in [2.05, 4.69) is 21.0 Å². The van der Waals surface area contributed by atoms with Gasteiger partial charge < -0.3 is 14.6 Å². The maximum absolute atomic E-state index is 9.20. The topological polar surface area (TPSA) is 56.5 Å². The second kappa shape index (κ2) is 7.01. The van der Waals surface area contributed by atoms with E-state index in [0.29, 0.717) is 26.4 Å². The van der Waals surface area contributed by atoms with Gasteiger partial charge in [0, 0.05) is 7.11 Å². The molecule has 92 valence electrons. The number of aliphatic hydroxyl groups is 1. The fourth-order valence-electron chi connectivity index (χ4n) is 1.34. The third kappa shape index (κ3) is 3.55. The largest absolute Gasteiger partial charge is 0.390 e. The van der Waals surface area contributed by atoms with Gasteiger partial charge in [-0.05, 0) is 22.9 Å². The van der Waals surface area contributed by atoms with Crippen molar-refractivity contribution in [3.8, 4) is 0 Å². The van der Waals surface area contributed by atoms with E-state index in [-0.39, 0.29) is 6.61 Å². The highest BCUT2D eigenvalue weighted by molar-refractivity contribution is 9.10. The molecular formula is C10H17BrN2O3. The van der Waals surface area contributed by atoms with Gasteiger partial charge in [-0.25, -0.2) is 0 Å². The van der Waals surface area contributed by atoms with Crippen molar-refractivity contribution in [1.29, 1.82) is 0 Å². The Balaban J connectivity index is 2.44. The molecule has 0 spiro atoms. The first-order valence-electron chi connectivity index (χ1n) is 5.10. The first-order valence-corrected chi connectivity index (χ1v) is 5.89. The first-order chi connectivity index (χ1) is 7.70. The Labute approximate surface area is 103 Å². The summed E-state index contributed by atoms with van der Waals surface area (Å²) in [5, 5.41) is 13.5.